The lowest BCUT2D eigenvalue weighted by Gasteiger charge is -2.28. The number of hydrogen-bond acceptors (Lipinski definition) is 8. The van der Waals surface area contributed by atoms with E-state index in [-0.39, 0.29) is 49.8 Å². The second-order valence-electron chi connectivity index (χ2n) is 6.25. The summed E-state index contributed by atoms with van der Waals surface area (Å²) in [6.07, 6.45) is -0.766. The second-order valence-corrected chi connectivity index (χ2v) is 6.25. The van der Waals surface area contributed by atoms with E-state index < -0.39 is 23.3 Å². The van der Waals surface area contributed by atoms with Crippen LogP contribution in [0.3, 0.4) is 0 Å². The van der Waals surface area contributed by atoms with Crippen molar-refractivity contribution in [2.75, 3.05) is 19.8 Å². The number of hydrogen-bond donors (Lipinski definition) is 0. The van der Waals surface area contributed by atoms with Gasteiger partial charge in [-0.1, -0.05) is 6.58 Å². The van der Waals surface area contributed by atoms with Gasteiger partial charge in [0, 0.05) is 5.57 Å². The van der Waals surface area contributed by atoms with E-state index in [2.05, 4.69) is 6.58 Å². The van der Waals surface area contributed by atoms with Crippen LogP contribution in [0.4, 0.5) is 0 Å². The van der Waals surface area contributed by atoms with Crippen molar-refractivity contribution in [1.82, 2.24) is 0 Å². The molecule has 0 atom stereocenters. The Morgan fingerprint density at radius 2 is 1.12 bits per heavy atom. The summed E-state index contributed by atoms with van der Waals surface area (Å²) >= 11 is 0. The molecule has 0 rings (SSSR count). The van der Waals surface area contributed by atoms with Gasteiger partial charge in [0.05, 0.1) is 5.41 Å². The Kier molecular flexibility index (Phi) is 9.33. The predicted octanol–water partition coefficient (Wildman–Crippen LogP) is 1.16. The fourth-order valence-electron chi connectivity index (χ4n) is 1.51. The van der Waals surface area contributed by atoms with Crippen molar-refractivity contribution in [3.05, 3.63) is 12.2 Å². The van der Waals surface area contributed by atoms with E-state index in [1.54, 1.807) is 6.92 Å². The standard InChI is InChI=1S/C17H24O8/c1-11(2)16(22)25-10-17(5,8-23-14(20)6-12(3)18)9-24-15(21)7-13(4)19/h1,6-10H2,2-5H3. The van der Waals surface area contributed by atoms with Crippen molar-refractivity contribution in [3.8, 4) is 0 Å². The largest absolute Gasteiger partial charge is 0.464 e. The second kappa shape index (κ2) is 10.4. The van der Waals surface area contributed by atoms with E-state index in [1.807, 2.05) is 0 Å². The van der Waals surface area contributed by atoms with Gasteiger partial charge in [-0.3, -0.25) is 19.2 Å². The molecule has 0 saturated heterocycles. The lowest BCUT2D eigenvalue weighted by atomic mass is 9.94. The first-order valence-corrected chi connectivity index (χ1v) is 7.58. The van der Waals surface area contributed by atoms with E-state index in [0.29, 0.717) is 0 Å². The first-order chi connectivity index (χ1) is 11.4. The van der Waals surface area contributed by atoms with Crippen LogP contribution < -0.4 is 0 Å². The Labute approximate surface area is 146 Å². The van der Waals surface area contributed by atoms with Crippen molar-refractivity contribution in [2.45, 2.75) is 40.5 Å². The summed E-state index contributed by atoms with van der Waals surface area (Å²) < 4.78 is 15.0. The molecule has 0 heterocycles. The molecule has 25 heavy (non-hydrogen) atoms. The van der Waals surface area contributed by atoms with Crippen molar-refractivity contribution in [2.24, 2.45) is 5.41 Å². The maximum Gasteiger partial charge on any atom is 0.333 e. The molecule has 0 aliphatic heterocycles. The van der Waals surface area contributed by atoms with Crippen LogP contribution in [0.2, 0.25) is 0 Å². The Hall–Kier alpha value is -2.51. The van der Waals surface area contributed by atoms with E-state index >= 15 is 0 Å². The molecule has 0 aromatic rings. The number of carbonyl (C=O) groups is 5. The summed E-state index contributed by atoms with van der Waals surface area (Å²) in [7, 11) is 0. The molecule has 0 N–H and O–H groups in total. The lowest BCUT2D eigenvalue weighted by molar-refractivity contribution is -0.159. The van der Waals surface area contributed by atoms with E-state index in [1.165, 1.54) is 20.8 Å². The third-order valence-corrected chi connectivity index (χ3v) is 2.85. The molecular weight excluding hydrogens is 332 g/mol. The molecule has 8 nitrogen and oxygen atoms in total. The summed E-state index contributed by atoms with van der Waals surface area (Å²) in [5, 5.41) is 0. The van der Waals surface area contributed by atoms with Gasteiger partial charge in [0.1, 0.15) is 44.2 Å². The normalized spacial score (nSPS) is 10.6. The highest BCUT2D eigenvalue weighted by Crippen LogP contribution is 2.20. The van der Waals surface area contributed by atoms with Gasteiger partial charge in [0.25, 0.3) is 0 Å². The maximum atomic E-state index is 11.5. The number of rotatable bonds is 11. The highest BCUT2D eigenvalue weighted by atomic mass is 16.6. The lowest BCUT2D eigenvalue weighted by Crippen LogP contribution is -2.37. The number of ether oxygens (including phenoxy) is 3. The van der Waals surface area contributed by atoms with Crippen LogP contribution in [0.15, 0.2) is 12.2 Å². The average Bonchev–Trinajstić information content (AvgIpc) is 2.47. The molecule has 0 saturated carbocycles. The summed E-state index contributed by atoms with van der Waals surface area (Å²) in [5.74, 6) is -2.82. The van der Waals surface area contributed by atoms with Crippen LogP contribution in [-0.4, -0.2) is 49.3 Å². The van der Waals surface area contributed by atoms with Crippen LogP contribution in [0, 0.1) is 5.41 Å². The molecule has 0 aliphatic rings. The Bertz CT molecular complexity index is 529. The molecule has 0 bridgehead atoms. The molecule has 0 spiro atoms. The van der Waals surface area contributed by atoms with Gasteiger partial charge < -0.3 is 14.2 Å². The minimum Gasteiger partial charge on any atom is -0.464 e. The van der Waals surface area contributed by atoms with Crippen molar-refractivity contribution < 1.29 is 38.2 Å². The Balaban J connectivity index is 4.83. The van der Waals surface area contributed by atoms with E-state index in [9.17, 15) is 24.0 Å². The minimum atomic E-state index is -1.04. The van der Waals surface area contributed by atoms with Gasteiger partial charge in [0.2, 0.25) is 0 Å². The molecule has 0 aliphatic carbocycles. The number of ketones is 2. The van der Waals surface area contributed by atoms with Gasteiger partial charge >= 0.3 is 17.9 Å². The van der Waals surface area contributed by atoms with E-state index in [0.717, 1.165) is 0 Å². The third kappa shape index (κ3) is 10.8. The number of esters is 3. The quantitative estimate of drug-likeness (QED) is 0.234. The predicted molar refractivity (Wildman–Crippen MR) is 86.4 cm³/mol. The molecule has 0 unspecified atom stereocenters. The van der Waals surface area contributed by atoms with Crippen LogP contribution in [-0.2, 0) is 38.2 Å². The smallest absolute Gasteiger partial charge is 0.333 e. The van der Waals surface area contributed by atoms with Crippen LogP contribution in [0.5, 0.6) is 0 Å². The van der Waals surface area contributed by atoms with Crippen LogP contribution in [0.1, 0.15) is 40.5 Å². The molecule has 0 radical (unpaired) electrons. The molecule has 8 heteroatoms. The van der Waals surface area contributed by atoms with Gasteiger partial charge in [-0.25, -0.2) is 4.79 Å². The van der Waals surface area contributed by atoms with Crippen molar-refractivity contribution in [1.29, 1.82) is 0 Å². The number of Topliss-reactive ketones (excluding diaryl/α,β-unsaturated/α-hetero) is 2. The highest BCUT2D eigenvalue weighted by Gasteiger charge is 2.31. The van der Waals surface area contributed by atoms with Crippen molar-refractivity contribution in [3.63, 3.8) is 0 Å². The summed E-state index contributed by atoms with van der Waals surface area (Å²) in [4.78, 5) is 56.4. The Morgan fingerprint density at radius 1 is 0.760 bits per heavy atom. The molecule has 0 aromatic heterocycles. The third-order valence-electron chi connectivity index (χ3n) is 2.85. The monoisotopic (exact) mass is 356 g/mol. The first kappa shape index (κ1) is 22.5. The minimum absolute atomic E-state index is 0.185. The van der Waals surface area contributed by atoms with Gasteiger partial charge in [-0.2, -0.15) is 0 Å². The fourth-order valence-corrected chi connectivity index (χ4v) is 1.51. The number of carbonyl (C=O) groups excluding carboxylic acids is 5. The first-order valence-electron chi connectivity index (χ1n) is 7.58. The van der Waals surface area contributed by atoms with Gasteiger partial charge in [-0.15, -0.1) is 0 Å². The molecule has 140 valence electrons. The Morgan fingerprint density at radius 3 is 1.44 bits per heavy atom. The topological polar surface area (TPSA) is 113 Å². The molecule has 0 aromatic carbocycles. The fraction of sp³-hybridized carbons (Fsp3) is 0.588. The zero-order chi connectivity index (χ0) is 19.6. The zero-order valence-corrected chi connectivity index (χ0v) is 15.0. The maximum absolute atomic E-state index is 11.5. The highest BCUT2D eigenvalue weighted by molar-refractivity contribution is 5.94. The molecular formula is C17H24O8. The summed E-state index contributed by atoms with van der Waals surface area (Å²) in [6, 6.07) is 0. The summed E-state index contributed by atoms with van der Waals surface area (Å²) in [5.41, 5.74) is -0.853. The SMILES string of the molecule is C=C(C)C(=O)OCC(C)(COC(=O)CC(C)=O)COC(=O)CC(C)=O. The van der Waals surface area contributed by atoms with Gasteiger partial charge in [-0.05, 0) is 27.7 Å². The molecule has 0 fully saturated rings. The zero-order valence-electron chi connectivity index (χ0n) is 15.0. The molecule has 0 amide bonds. The van der Waals surface area contributed by atoms with Gasteiger partial charge in [0.15, 0.2) is 0 Å². The van der Waals surface area contributed by atoms with Crippen LogP contribution >= 0.6 is 0 Å². The van der Waals surface area contributed by atoms with E-state index in [4.69, 9.17) is 14.2 Å². The van der Waals surface area contributed by atoms with Crippen LogP contribution in [0.25, 0.3) is 0 Å². The average molecular weight is 356 g/mol. The summed E-state index contributed by atoms with van der Waals surface area (Å²) in [6.45, 7) is 8.30. The van der Waals surface area contributed by atoms with Crippen molar-refractivity contribution >= 4 is 29.5 Å².